The summed E-state index contributed by atoms with van der Waals surface area (Å²) in [6.07, 6.45) is -0.0139. The third-order valence-corrected chi connectivity index (χ3v) is 3.78. The van der Waals surface area contributed by atoms with E-state index in [0.717, 1.165) is 0 Å². The fourth-order valence-electron chi connectivity index (χ4n) is 1.80. The molecular weight excluding hydrogens is 319 g/mol. The molecule has 2 aromatic carbocycles. The number of rotatable bonds is 6. The number of hydrazine groups is 1. The van der Waals surface area contributed by atoms with Crippen LogP contribution < -0.4 is 15.0 Å². The lowest BCUT2D eigenvalue weighted by atomic mass is 10.2. The first-order valence-corrected chi connectivity index (χ1v) is 8.11. The van der Waals surface area contributed by atoms with Gasteiger partial charge in [-0.3, -0.25) is 10.2 Å². The van der Waals surface area contributed by atoms with Crippen LogP contribution >= 0.6 is 0 Å². The topological polar surface area (TPSA) is 67.4 Å². The van der Waals surface area contributed by atoms with Crippen LogP contribution in [0.2, 0.25) is 0 Å². The standard InChI is InChI=1S/C16H17FN2O3S/c1-11(2)22-13-7-5-6-12(10-13)16(20)18-19-23(21)15-9-4-3-8-14(15)17/h3-11,19H,1-2H3,(H,18,20). The van der Waals surface area contributed by atoms with Crippen molar-refractivity contribution >= 4 is 16.9 Å². The number of halogens is 1. The van der Waals surface area contributed by atoms with Crippen LogP contribution in [0.1, 0.15) is 24.2 Å². The van der Waals surface area contributed by atoms with Gasteiger partial charge in [0.05, 0.1) is 11.0 Å². The highest BCUT2D eigenvalue weighted by molar-refractivity contribution is 7.83. The number of ether oxygens (including phenoxy) is 1. The van der Waals surface area contributed by atoms with Crippen molar-refractivity contribution in [3.05, 3.63) is 59.9 Å². The van der Waals surface area contributed by atoms with Gasteiger partial charge in [-0.05, 0) is 44.2 Å². The molecule has 2 N–H and O–H groups in total. The number of carbonyl (C=O) groups is 1. The van der Waals surface area contributed by atoms with Crippen molar-refractivity contribution < 1.29 is 18.1 Å². The molecule has 5 nitrogen and oxygen atoms in total. The first kappa shape index (κ1) is 17.1. The molecular formula is C16H17FN2O3S. The van der Waals surface area contributed by atoms with E-state index in [1.54, 1.807) is 30.3 Å². The predicted molar refractivity (Wildman–Crippen MR) is 85.6 cm³/mol. The van der Waals surface area contributed by atoms with Crippen LogP contribution in [0.4, 0.5) is 4.39 Å². The van der Waals surface area contributed by atoms with Crippen molar-refractivity contribution in [3.8, 4) is 5.75 Å². The van der Waals surface area contributed by atoms with Gasteiger partial charge in [0.1, 0.15) is 22.6 Å². The number of hydrogen-bond acceptors (Lipinski definition) is 3. The van der Waals surface area contributed by atoms with Crippen LogP contribution in [0.3, 0.4) is 0 Å². The van der Waals surface area contributed by atoms with Gasteiger partial charge in [-0.2, -0.15) is 0 Å². The molecule has 0 bridgehead atoms. The average Bonchev–Trinajstić information content (AvgIpc) is 2.52. The molecule has 0 fully saturated rings. The summed E-state index contributed by atoms with van der Waals surface area (Å²) >= 11 is 0. The van der Waals surface area contributed by atoms with Crippen molar-refractivity contribution in [2.24, 2.45) is 0 Å². The minimum absolute atomic E-state index is 0.0139. The summed E-state index contributed by atoms with van der Waals surface area (Å²) in [6.45, 7) is 3.76. The second-order valence-corrected chi connectivity index (χ2v) is 6.13. The molecule has 1 amide bonds. The van der Waals surface area contributed by atoms with Gasteiger partial charge >= 0.3 is 0 Å². The van der Waals surface area contributed by atoms with Gasteiger partial charge in [0.2, 0.25) is 0 Å². The quantitative estimate of drug-likeness (QED) is 0.797. The summed E-state index contributed by atoms with van der Waals surface area (Å²) in [7, 11) is -1.89. The largest absolute Gasteiger partial charge is 0.491 e. The Morgan fingerprint density at radius 2 is 1.91 bits per heavy atom. The molecule has 23 heavy (non-hydrogen) atoms. The van der Waals surface area contributed by atoms with Gasteiger partial charge in [0.25, 0.3) is 5.91 Å². The van der Waals surface area contributed by atoms with Gasteiger partial charge in [0, 0.05) is 5.56 Å². The molecule has 2 aromatic rings. The lowest BCUT2D eigenvalue weighted by Gasteiger charge is -2.11. The molecule has 0 saturated heterocycles. The minimum Gasteiger partial charge on any atom is -0.491 e. The molecule has 1 atom stereocenters. The SMILES string of the molecule is CC(C)Oc1cccc(C(=O)NNS(=O)c2ccccc2F)c1. The fourth-order valence-corrected chi connectivity index (χ4v) is 2.54. The van der Waals surface area contributed by atoms with Crippen molar-refractivity contribution in [1.82, 2.24) is 10.3 Å². The monoisotopic (exact) mass is 336 g/mol. The van der Waals surface area contributed by atoms with Crippen molar-refractivity contribution in [1.29, 1.82) is 0 Å². The Morgan fingerprint density at radius 3 is 2.61 bits per heavy atom. The lowest BCUT2D eigenvalue weighted by molar-refractivity contribution is 0.0945. The van der Waals surface area contributed by atoms with E-state index in [1.807, 2.05) is 13.8 Å². The van der Waals surface area contributed by atoms with Crippen LogP contribution in [0.25, 0.3) is 0 Å². The maximum absolute atomic E-state index is 13.5. The molecule has 0 saturated carbocycles. The smallest absolute Gasteiger partial charge is 0.266 e. The molecule has 7 heteroatoms. The first-order valence-electron chi connectivity index (χ1n) is 6.96. The summed E-state index contributed by atoms with van der Waals surface area (Å²) in [4.78, 5) is 14.3. The number of benzene rings is 2. The van der Waals surface area contributed by atoms with E-state index in [4.69, 9.17) is 4.74 Å². The van der Waals surface area contributed by atoms with E-state index in [-0.39, 0.29) is 11.0 Å². The molecule has 1 unspecified atom stereocenters. The number of nitrogens with one attached hydrogen (secondary N) is 2. The van der Waals surface area contributed by atoms with Gasteiger partial charge in [-0.1, -0.05) is 18.2 Å². The summed E-state index contributed by atoms with van der Waals surface area (Å²) in [5, 5.41) is 0. The summed E-state index contributed by atoms with van der Waals surface area (Å²) in [6, 6.07) is 12.2. The Balaban J connectivity index is 2.00. The fraction of sp³-hybridized carbons (Fsp3) is 0.188. The van der Waals surface area contributed by atoms with E-state index < -0.39 is 22.7 Å². The van der Waals surface area contributed by atoms with E-state index in [2.05, 4.69) is 10.3 Å². The van der Waals surface area contributed by atoms with Crippen LogP contribution in [-0.4, -0.2) is 16.2 Å². The Morgan fingerprint density at radius 1 is 1.17 bits per heavy atom. The van der Waals surface area contributed by atoms with Crippen LogP contribution in [0, 0.1) is 5.82 Å². The Labute approximate surface area is 136 Å². The second kappa shape index (κ2) is 7.85. The maximum atomic E-state index is 13.5. The van der Waals surface area contributed by atoms with Gasteiger partial charge in [-0.25, -0.2) is 8.60 Å². The highest BCUT2D eigenvalue weighted by Gasteiger charge is 2.12. The van der Waals surface area contributed by atoms with Gasteiger partial charge < -0.3 is 4.74 Å². The Kier molecular flexibility index (Phi) is 5.84. The third-order valence-electron chi connectivity index (χ3n) is 2.76. The van der Waals surface area contributed by atoms with E-state index in [9.17, 15) is 13.4 Å². The zero-order valence-corrected chi connectivity index (χ0v) is 13.5. The highest BCUT2D eigenvalue weighted by atomic mass is 32.2. The highest BCUT2D eigenvalue weighted by Crippen LogP contribution is 2.15. The van der Waals surface area contributed by atoms with E-state index in [0.29, 0.717) is 11.3 Å². The number of carbonyl (C=O) groups excluding carboxylic acids is 1. The minimum atomic E-state index is -1.89. The van der Waals surface area contributed by atoms with E-state index >= 15 is 0 Å². The average molecular weight is 336 g/mol. The number of amides is 1. The van der Waals surface area contributed by atoms with Crippen molar-refractivity contribution in [2.45, 2.75) is 24.8 Å². The second-order valence-electron chi connectivity index (χ2n) is 4.95. The summed E-state index contributed by atoms with van der Waals surface area (Å²) < 4.78 is 30.9. The molecule has 0 spiro atoms. The zero-order valence-electron chi connectivity index (χ0n) is 12.7. The molecule has 2 rings (SSSR count). The number of hydrogen-bond donors (Lipinski definition) is 2. The van der Waals surface area contributed by atoms with Crippen molar-refractivity contribution in [2.75, 3.05) is 0 Å². The normalized spacial score (nSPS) is 12.0. The molecule has 0 aliphatic rings. The van der Waals surface area contributed by atoms with Crippen LogP contribution in [0.5, 0.6) is 5.75 Å². The van der Waals surface area contributed by atoms with Gasteiger partial charge in [0.15, 0.2) is 0 Å². The third kappa shape index (κ3) is 4.87. The molecule has 0 heterocycles. The molecule has 0 radical (unpaired) electrons. The van der Waals surface area contributed by atoms with Gasteiger partial charge in [-0.15, -0.1) is 4.83 Å². The van der Waals surface area contributed by atoms with E-state index in [1.165, 1.54) is 18.2 Å². The Bertz CT molecular complexity index is 722. The molecule has 0 aromatic heterocycles. The molecule has 122 valence electrons. The Hall–Kier alpha value is -2.25. The maximum Gasteiger partial charge on any atom is 0.266 e. The first-order chi connectivity index (χ1) is 11.0. The predicted octanol–water partition coefficient (Wildman–Crippen LogP) is 2.57. The summed E-state index contributed by atoms with van der Waals surface area (Å²) in [5.74, 6) is -0.549. The molecule has 0 aliphatic carbocycles. The molecule has 0 aliphatic heterocycles. The van der Waals surface area contributed by atoms with Crippen molar-refractivity contribution in [3.63, 3.8) is 0 Å². The van der Waals surface area contributed by atoms with Crippen LogP contribution in [-0.2, 0) is 11.0 Å². The lowest BCUT2D eigenvalue weighted by Crippen LogP contribution is -2.38. The zero-order chi connectivity index (χ0) is 16.8. The summed E-state index contributed by atoms with van der Waals surface area (Å²) in [5.41, 5.74) is 2.63. The van der Waals surface area contributed by atoms with Crippen LogP contribution in [0.15, 0.2) is 53.4 Å².